The Morgan fingerprint density at radius 1 is 0.645 bits per heavy atom. The number of rotatable bonds is 11. The van der Waals surface area contributed by atoms with Crippen molar-refractivity contribution in [3.63, 3.8) is 0 Å². The van der Waals surface area contributed by atoms with Gasteiger partial charge in [0.15, 0.2) is 0 Å². The molecule has 6 bridgehead atoms. The van der Waals surface area contributed by atoms with Crippen molar-refractivity contribution >= 4 is 35.2 Å². The van der Waals surface area contributed by atoms with E-state index in [0.29, 0.717) is 64.0 Å². The molecule has 8 aliphatic heterocycles. The van der Waals surface area contributed by atoms with Crippen molar-refractivity contribution in [3.05, 3.63) is 87.4 Å². The van der Waals surface area contributed by atoms with E-state index in [4.69, 9.17) is 27.9 Å². The van der Waals surface area contributed by atoms with Gasteiger partial charge in [-0.25, -0.2) is 0 Å². The van der Waals surface area contributed by atoms with E-state index < -0.39 is 0 Å². The number of carbonyl (C=O) groups excluding carboxylic acids is 1. The molecule has 11 rings (SSSR count). The largest absolute Gasteiger partial charge is 0.377 e. The Kier molecular flexibility index (Phi) is 32.2. The van der Waals surface area contributed by atoms with Gasteiger partial charge in [0.05, 0.1) is 22.2 Å². The van der Waals surface area contributed by atoms with Gasteiger partial charge in [-0.2, -0.15) is 0 Å². The maximum Gasteiger partial charge on any atom is 0.239 e. The number of likely N-dealkylation sites (N-methyl/N-ethyl adjacent to an activating group) is 6. The van der Waals surface area contributed by atoms with Crippen LogP contribution in [0, 0.1) is 11.8 Å². The lowest BCUT2D eigenvalue weighted by molar-refractivity contribution is -0.136. The molecule has 0 aromatic heterocycles. The van der Waals surface area contributed by atoms with Crippen LogP contribution in [0.5, 0.6) is 0 Å². The number of benzene rings is 2. The van der Waals surface area contributed by atoms with Gasteiger partial charge in [0.1, 0.15) is 0 Å². The molecule has 2 aromatic carbocycles. The number of likely N-dealkylation sites (tertiary alicyclic amines) is 1. The number of allylic oxidation sites excluding steroid dienone is 1. The lowest BCUT2D eigenvalue weighted by Crippen LogP contribution is -2.62. The SMILES string of the molecule is CCO[C@@H]1C[C@H]2CNC3(CCC3)CN(C)[C@@H](C(CC)CC)CN(C)[C@H](C(=O)N3CCCC3)CCN(C)[C@H]3CCCC/C=C\c4ccc(cc4)C[C@@H](CN(C)CCN[C@@H](CCc4ccc(Cl)c(Cl)c4)CN2C1)N1CC/C=C\C[C@@H](C1)N(C)CCN(C)C[C@H]([C@@H](C)CC)NC3. The molecule has 2 aromatic rings. The van der Waals surface area contributed by atoms with E-state index in [2.05, 4.69) is 198 Å². The van der Waals surface area contributed by atoms with E-state index in [0.717, 1.165) is 214 Å². The summed E-state index contributed by atoms with van der Waals surface area (Å²) in [6.07, 6.45) is 30.6. The number of ether oxygens (including phenoxy) is 1. The number of hydrogen-bond acceptors (Lipinski definition) is 13. The van der Waals surface area contributed by atoms with E-state index in [1.54, 1.807) is 0 Å². The van der Waals surface area contributed by atoms with E-state index in [1.165, 1.54) is 42.4 Å². The summed E-state index contributed by atoms with van der Waals surface area (Å²) in [6.45, 7) is 28.9. The summed E-state index contributed by atoms with van der Waals surface area (Å²) in [5.74, 6) is 1.40. The second kappa shape index (κ2) is 39.3. The third-order valence-corrected chi connectivity index (χ3v) is 24.1. The summed E-state index contributed by atoms with van der Waals surface area (Å²) in [5.41, 5.74) is 3.98. The van der Waals surface area contributed by atoms with Crippen LogP contribution in [0.1, 0.15) is 160 Å². The van der Waals surface area contributed by atoms with E-state index in [-0.39, 0.29) is 23.7 Å². The van der Waals surface area contributed by atoms with Crippen LogP contribution < -0.4 is 16.0 Å². The van der Waals surface area contributed by atoms with Gasteiger partial charge >= 0.3 is 0 Å². The van der Waals surface area contributed by atoms with Crippen LogP contribution in [0.15, 0.2) is 60.7 Å². The molecular formula is C77H132Cl2N12O2. The highest BCUT2D eigenvalue weighted by molar-refractivity contribution is 6.42. The molecule has 0 radical (unpaired) electrons. The number of halogens is 2. The molecule has 526 valence electrons. The van der Waals surface area contributed by atoms with Crippen molar-refractivity contribution < 1.29 is 9.53 Å². The molecule has 4 fully saturated rings. The molecule has 16 heteroatoms. The Morgan fingerprint density at radius 2 is 1.41 bits per heavy atom. The van der Waals surface area contributed by atoms with Crippen LogP contribution in [0.3, 0.4) is 0 Å². The molecule has 14 nitrogen and oxygen atoms in total. The molecule has 1 saturated carbocycles. The van der Waals surface area contributed by atoms with Crippen molar-refractivity contribution in [1.29, 1.82) is 0 Å². The zero-order valence-electron chi connectivity index (χ0n) is 60.5. The van der Waals surface area contributed by atoms with Gasteiger partial charge in [-0.05, 0) is 186 Å². The predicted molar refractivity (Wildman–Crippen MR) is 394 cm³/mol. The lowest BCUT2D eigenvalue weighted by atomic mass is 9.75. The quantitative estimate of drug-likeness (QED) is 0.187. The first-order valence-corrected chi connectivity index (χ1v) is 38.4. The first kappa shape index (κ1) is 76.2. The van der Waals surface area contributed by atoms with Gasteiger partial charge in [0, 0.05) is 166 Å². The topological polar surface area (TPSA) is 91.5 Å². The lowest BCUT2D eigenvalue weighted by Gasteiger charge is -2.49. The normalized spacial score (nSPS) is 31.2. The minimum absolute atomic E-state index is 0.0502. The molecule has 11 atom stereocenters. The monoisotopic (exact) mass is 1330 g/mol. The standard InChI is InChI=1S/C77H132Cl2N12O2/c1-12-60(5)73-57-84(7)46-47-86(9)67-28-21-18-22-43-90(55-67)69-48-62-31-29-61(30-32-62)26-19-16-17-20-27-66(51-81-73)85(8)44-37-74(76(92)89-41-23-24-42-89)87(10)58-75(64(13-2)14-3)88(11)59-77(38-25-39-77)82-52-68-50-70(93-15-4)56-91(68)53-65(80-40-45-83(6)54-69)35-33-63-34-36-71(78)72(79)49-63/h18-19,21,26,29-32,34,36,49,60,64-70,73-75,80-82H,12-17,20,22-25,27-28,33,35,37-48,50-59H2,1-11H3/b21-18-,26-19-/t60-,65-,66-,67-,68-,69-,70+,73+,74-,75+/m0/s1. The Hall–Kier alpha value is -2.51. The zero-order chi connectivity index (χ0) is 66.3. The van der Waals surface area contributed by atoms with Gasteiger partial charge in [-0.3, -0.25) is 19.5 Å². The molecule has 3 saturated heterocycles. The average Bonchev–Trinajstić information content (AvgIpc) is 1.59. The molecule has 9 aliphatic rings. The minimum Gasteiger partial charge on any atom is -0.377 e. The predicted octanol–water partition coefficient (Wildman–Crippen LogP) is 11.3. The molecule has 3 N–H and O–H groups in total. The Bertz CT molecular complexity index is 2510. The highest BCUT2D eigenvalue weighted by atomic mass is 35.5. The van der Waals surface area contributed by atoms with Crippen LogP contribution in [-0.4, -0.2) is 270 Å². The van der Waals surface area contributed by atoms with Crippen molar-refractivity contribution in [2.45, 2.75) is 217 Å². The summed E-state index contributed by atoms with van der Waals surface area (Å²) >= 11 is 13.2. The third kappa shape index (κ3) is 23.6. The number of nitrogens with zero attached hydrogens (tertiary/aromatic N) is 9. The number of amides is 1. The van der Waals surface area contributed by atoms with Gasteiger partial charge in [0.25, 0.3) is 0 Å². The first-order valence-electron chi connectivity index (χ1n) is 37.6. The summed E-state index contributed by atoms with van der Waals surface area (Å²) < 4.78 is 6.54. The highest BCUT2D eigenvalue weighted by Crippen LogP contribution is 2.36. The Balaban J connectivity index is 1.14. The maximum atomic E-state index is 15.1. The van der Waals surface area contributed by atoms with Gasteiger partial charge in [-0.1, -0.05) is 131 Å². The van der Waals surface area contributed by atoms with E-state index >= 15 is 4.79 Å². The third-order valence-electron chi connectivity index (χ3n) is 23.3. The minimum atomic E-state index is -0.172. The second-order valence-corrected chi connectivity index (χ2v) is 31.0. The summed E-state index contributed by atoms with van der Waals surface area (Å²) in [6, 6.07) is 18.0. The van der Waals surface area contributed by atoms with Crippen LogP contribution in [-0.2, 0) is 22.4 Å². The summed E-state index contributed by atoms with van der Waals surface area (Å²) in [4.78, 5) is 38.8. The highest BCUT2D eigenvalue weighted by Gasteiger charge is 2.43. The Labute approximate surface area is 577 Å². The fraction of sp³-hybridized carbons (Fsp3) is 0.779. The van der Waals surface area contributed by atoms with E-state index in [9.17, 15) is 0 Å². The van der Waals surface area contributed by atoms with Gasteiger partial charge in [0.2, 0.25) is 5.91 Å². The van der Waals surface area contributed by atoms with Crippen molar-refractivity contribution in [2.24, 2.45) is 11.8 Å². The summed E-state index contributed by atoms with van der Waals surface area (Å²) in [5, 5.41) is 14.0. The number of hydrogen-bond donors (Lipinski definition) is 3. The number of aryl methyl sites for hydroxylation is 1. The molecule has 1 spiro atoms. The summed E-state index contributed by atoms with van der Waals surface area (Å²) in [7, 11) is 14.2. The second-order valence-electron chi connectivity index (χ2n) is 30.2. The molecule has 1 amide bonds. The van der Waals surface area contributed by atoms with Crippen LogP contribution in [0.25, 0.3) is 6.08 Å². The van der Waals surface area contributed by atoms with Crippen molar-refractivity contribution in [3.8, 4) is 0 Å². The first-order chi connectivity index (χ1) is 45.0. The fourth-order valence-corrected chi connectivity index (χ4v) is 16.9. The molecule has 1 aliphatic carbocycles. The zero-order valence-corrected chi connectivity index (χ0v) is 62.0. The molecule has 1 unspecified atom stereocenters. The van der Waals surface area contributed by atoms with Crippen LogP contribution in [0.2, 0.25) is 10.0 Å². The smallest absolute Gasteiger partial charge is 0.239 e. The van der Waals surface area contributed by atoms with Crippen LogP contribution in [0.4, 0.5) is 0 Å². The van der Waals surface area contributed by atoms with Gasteiger partial charge in [-0.15, -0.1) is 0 Å². The van der Waals surface area contributed by atoms with E-state index in [1.807, 2.05) is 6.07 Å². The van der Waals surface area contributed by atoms with Crippen LogP contribution >= 0.6 is 23.2 Å². The number of nitrogens with one attached hydrogen (secondary N) is 3. The van der Waals surface area contributed by atoms with Gasteiger partial charge < -0.3 is 50.1 Å². The Morgan fingerprint density at radius 3 is 2.13 bits per heavy atom. The maximum absolute atomic E-state index is 15.1. The average molecular weight is 1330 g/mol. The number of carbonyl (C=O) groups is 1. The molecule has 93 heavy (non-hydrogen) atoms. The van der Waals surface area contributed by atoms with Crippen molar-refractivity contribution in [1.82, 2.24) is 60.0 Å². The molecule has 8 heterocycles. The molecular weight excluding hydrogens is 1200 g/mol. The fourth-order valence-electron chi connectivity index (χ4n) is 16.6. The van der Waals surface area contributed by atoms with Crippen molar-refractivity contribution in [2.75, 3.05) is 160 Å².